The van der Waals surface area contributed by atoms with E-state index < -0.39 is 5.60 Å². The summed E-state index contributed by atoms with van der Waals surface area (Å²) >= 11 is 3.54. The van der Waals surface area contributed by atoms with Crippen LogP contribution in [0.2, 0.25) is 0 Å². The summed E-state index contributed by atoms with van der Waals surface area (Å²) in [4.78, 5) is 2.47. The Hall–Kier alpha value is -0.580. The molecule has 3 nitrogen and oxygen atoms in total. The molecule has 0 amide bonds. The Balaban J connectivity index is 1.70. The number of piperidine rings is 1. The van der Waals surface area contributed by atoms with Gasteiger partial charge in [0.05, 0.1) is 12.7 Å². The van der Waals surface area contributed by atoms with Crippen molar-refractivity contribution < 1.29 is 9.84 Å². The van der Waals surface area contributed by atoms with E-state index in [1.807, 2.05) is 12.1 Å². The van der Waals surface area contributed by atoms with Gasteiger partial charge >= 0.3 is 0 Å². The van der Waals surface area contributed by atoms with Gasteiger partial charge in [-0.15, -0.1) is 0 Å². The summed E-state index contributed by atoms with van der Waals surface area (Å²) in [6, 6.07) is 6.17. The maximum atomic E-state index is 10.8. The second-order valence-electron chi connectivity index (χ2n) is 6.49. The topological polar surface area (TPSA) is 32.7 Å². The Morgan fingerprint density at radius 3 is 3.05 bits per heavy atom. The third-order valence-electron chi connectivity index (χ3n) is 5.15. The van der Waals surface area contributed by atoms with E-state index in [4.69, 9.17) is 4.74 Å². The first-order valence-corrected chi connectivity index (χ1v) is 8.67. The molecule has 1 N–H and O–H groups in total. The number of hydrogen-bond acceptors (Lipinski definition) is 3. The van der Waals surface area contributed by atoms with Crippen LogP contribution in [0, 0.1) is 5.92 Å². The van der Waals surface area contributed by atoms with Crippen LogP contribution < -0.4 is 4.74 Å². The van der Waals surface area contributed by atoms with Crippen LogP contribution in [0.15, 0.2) is 22.7 Å². The van der Waals surface area contributed by atoms with Gasteiger partial charge in [-0.3, -0.25) is 4.90 Å². The molecule has 0 radical (unpaired) electrons. The lowest BCUT2D eigenvalue weighted by Gasteiger charge is -2.47. The summed E-state index contributed by atoms with van der Waals surface area (Å²) in [7, 11) is 1.73. The van der Waals surface area contributed by atoms with Crippen LogP contribution >= 0.6 is 15.9 Å². The fourth-order valence-electron chi connectivity index (χ4n) is 3.89. The van der Waals surface area contributed by atoms with E-state index in [1.165, 1.54) is 24.8 Å². The number of fused-ring (bicyclic) bond motifs is 1. The molecule has 1 saturated carbocycles. The predicted octanol–water partition coefficient (Wildman–Crippen LogP) is 3.58. The van der Waals surface area contributed by atoms with Gasteiger partial charge in [0.15, 0.2) is 0 Å². The van der Waals surface area contributed by atoms with Crippen molar-refractivity contribution >= 4 is 15.9 Å². The smallest absolute Gasteiger partial charge is 0.123 e. The molecule has 0 aromatic heterocycles. The highest BCUT2D eigenvalue weighted by molar-refractivity contribution is 9.10. The number of ether oxygens (including phenoxy) is 1. The van der Waals surface area contributed by atoms with E-state index in [0.717, 1.165) is 42.7 Å². The quantitative estimate of drug-likeness (QED) is 0.901. The molecule has 1 saturated heterocycles. The number of likely N-dealkylation sites (tertiary alicyclic amines) is 1. The predicted molar refractivity (Wildman–Crippen MR) is 87.5 cm³/mol. The largest absolute Gasteiger partial charge is 0.496 e. The third kappa shape index (κ3) is 3.27. The van der Waals surface area contributed by atoms with Crippen molar-refractivity contribution in [1.29, 1.82) is 0 Å². The Morgan fingerprint density at radius 1 is 1.38 bits per heavy atom. The Kier molecular flexibility index (Phi) is 4.57. The molecule has 1 heterocycles. The van der Waals surface area contributed by atoms with Crippen LogP contribution in [-0.4, -0.2) is 35.8 Å². The average molecular weight is 354 g/mol. The minimum absolute atomic E-state index is 0.393. The van der Waals surface area contributed by atoms with Gasteiger partial charge in [0.25, 0.3) is 0 Å². The van der Waals surface area contributed by atoms with Crippen molar-refractivity contribution in [1.82, 2.24) is 4.90 Å². The van der Waals surface area contributed by atoms with Crippen molar-refractivity contribution in [3.8, 4) is 5.75 Å². The van der Waals surface area contributed by atoms with Gasteiger partial charge in [-0.2, -0.15) is 0 Å². The highest BCUT2D eigenvalue weighted by atomic mass is 79.9. The molecule has 0 spiro atoms. The molecule has 116 valence electrons. The van der Waals surface area contributed by atoms with E-state index in [2.05, 4.69) is 26.9 Å². The van der Waals surface area contributed by atoms with Crippen LogP contribution in [0.3, 0.4) is 0 Å². The zero-order valence-corrected chi connectivity index (χ0v) is 14.2. The van der Waals surface area contributed by atoms with E-state index in [1.54, 1.807) is 7.11 Å². The van der Waals surface area contributed by atoms with Gasteiger partial charge < -0.3 is 9.84 Å². The van der Waals surface area contributed by atoms with Gasteiger partial charge in [-0.1, -0.05) is 28.8 Å². The first-order valence-electron chi connectivity index (χ1n) is 7.88. The monoisotopic (exact) mass is 353 g/mol. The van der Waals surface area contributed by atoms with Gasteiger partial charge in [-0.25, -0.2) is 0 Å². The van der Waals surface area contributed by atoms with Gasteiger partial charge in [0, 0.05) is 35.6 Å². The summed E-state index contributed by atoms with van der Waals surface area (Å²) in [5, 5.41) is 10.8. The molecule has 4 heteroatoms. The molecule has 3 rings (SSSR count). The molecule has 1 aromatic rings. The van der Waals surface area contributed by atoms with Crippen LogP contribution in [0.1, 0.15) is 37.7 Å². The van der Waals surface area contributed by atoms with Crippen molar-refractivity contribution in [3.63, 3.8) is 0 Å². The summed E-state index contributed by atoms with van der Waals surface area (Å²) < 4.78 is 6.56. The lowest BCUT2D eigenvalue weighted by atomic mass is 9.71. The standard InChI is InChI=1S/C17H24BrNO2/c1-21-16-6-5-15(18)10-13(16)11-19-9-8-17(20)7-3-2-4-14(17)12-19/h5-6,10,14,20H,2-4,7-9,11-12H2,1H3. The van der Waals surface area contributed by atoms with E-state index in [9.17, 15) is 5.11 Å². The minimum atomic E-state index is -0.393. The zero-order valence-electron chi connectivity index (χ0n) is 12.6. The van der Waals surface area contributed by atoms with Gasteiger partial charge in [0.1, 0.15) is 5.75 Å². The second kappa shape index (κ2) is 6.27. The number of nitrogens with zero attached hydrogens (tertiary/aromatic N) is 1. The van der Waals surface area contributed by atoms with Gasteiger partial charge in [0.2, 0.25) is 0 Å². The Morgan fingerprint density at radius 2 is 2.24 bits per heavy atom. The zero-order chi connectivity index (χ0) is 14.9. The highest BCUT2D eigenvalue weighted by Gasteiger charge is 2.42. The number of halogens is 1. The molecule has 2 unspecified atom stereocenters. The average Bonchev–Trinajstić information content (AvgIpc) is 2.48. The van der Waals surface area contributed by atoms with Crippen LogP contribution in [0.5, 0.6) is 5.75 Å². The maximum absolute atomic E-state index is 10.8. The fraction of sp³-hybridized carbons (Fsp3) is 0.647. The minimum Gasteiger partial charge on any atom is -0.496 e. The molecule has 0 bridgehead atoms. The van der Waals surface area contributed by atoms with Gasteiger partial charge in [-0.05, 0) is 37.5 Å². The lowest BCUT2D eigenvalue weighted by Crippen LogP contribution is -2.52. The fourth-order valence-corrected chi connectivity index (χ4v) is 4.30. The SMILES string of the molecule is COc1ccc(Br)cc1CN1CCC2(O)CCCCC2C1. The maximum Gasteiger partial charge on any atom is 0.123 e. The summed E-state index contributed by atoms with van der Waals surface area (Å²) in [6.45, 7) is 2.88. The van der Waals surface area contributed by atoms with Crippen molar-refractivity contribution in [3.05, 3.63) is 28.2 Å². The molecule has 1 aliphatic heterocycles. The molecule has 1 aromatic carbocycles. The number of methoxy groups -OCH3 is 1. The third-order valence-corrected chi connectivity index (χ3v) is 5.64. The summed E-state index contributed by atoms with van der Waals surface area (Å²) in [6.07, 6.45) is 5.52. The molecule has 2 fully saturated rings. The molecular formula is C17H24BrNO2. The molecule has 1 aliphatic carbocycles. The Bertz CT molecular complexity index is 508. The van der Waals surface area contributed by atoms with E-state index in [0.29, 0.717) is 5.92 Å². The van der Waals surface area contributed by atoms with Crippen molar-refractivity contribution in [2.75, 3.05) is 20.2 Å². The van der Waals surface area contributed by atoms with E-state index >= 15 is 0 Å². The molecule has 2 aliphatic rings. The molecule has 2 atom stereocenters. The van der Waals surface area contributed by atoms with Crippen LogP contribution in [0.4, 0.5) is 0 Å². The number of benzene rings is 1. The number of hydrogen-bond donors (Lipinski definition) is 1. The number of aliphatic hydroxyl groups is 1. The highest BCUT2D eigenvalue weighted by Crippen LogP contribution is 2.40. The van der Waals surface area contributed by atoms with Crippen LogP contribution in [-0.2, 0) is 6.54 Å². The van der Waals surface area contributed by atoms with Crippen LogP contribution in [0.25, 0.3) is 0 Å². The summed E-state index contributed by atoms with van der Waals surface area (Å²) in [5.74, 6) is 1.39. The first kappa shape index (κ1) is 15.3. The molecule has 21 heavy (non-hydrogen) atoms. The lowest BCUT2D eigenvalue weighted by molar-refractivity contribution is -0.0968. The normalized spacial score (nSPS) is 30.0. The van der Waals surface area contributed by atoms with Crippen molar-refractivity contribution in [2.24, 2.45) is 5.92 Å². The summed E-state index contributed by atoms with van der Waals surface area (Å²) in [5.41, 5.74) is 0.823. The van der Waals surface area contributed by atoms with E-state index in [-0.39, 0.29) is 0 Å². The second-order valence-corrected chi connectivity index (χ2v) is 7.40. The first-order chi connectivity index (χ1) is 10.1. The molecular weight excluding hydrogens is 330 g/mol. The van der Waals surface area contributed by atoms with Crippen molar-refractivity contribution in [2.45, 2.75) is 44.2 Å². The number of rotatable bonds is 3. The Labute approximate surface area is 135 Å².